The summed E-state index contributed by atoms with van der Waals surface area (Å²) in [6, 6.07) is 14.2. The third-order valence-corrected chi connectivity index (χ3v) is 4.10. The van der Waals surface area contributed by atoms with Crippen LogP contribution in [0.3, 0.4) is 0 Å². The standard InChI is InChI=1S/C18H19NO3/c1-3-18(17(20)21-4-2)12-16(19-22-18)15-11-7-9-13-8-5-6-10-14(13)15/h5-11H,3-4,12H2,1-2H3. The summed E-state index contributed by atoms with van der Waals surface area (Å²) in [6.45, 7) is 4.05. The van der Waals surface area contributed by atoms with Gasteiger partial charge in [0.15, 0.2) is 0 Å². The van der Waals surface area contributed by atoms with Gasteiger partial charge >= 0.3 is 5.97 Å². The van der Waals surface area contributed by atoms with E-state index in [-0.39, 0.29) is 5.97 Å². The number of benzene rings is 2. The molecule has 2 aromatic carbocycles. The predicted molar refractivity (Wildman–Crippen MR) is 85.8 cm³/mol. The van der Waals surface area contributed by atoms with Crippen LogP contribution in [0, 0.1) is 0 Å². The SMILES string of the molecule is CCOC(=O)C1(CC)CC(c2cccc3ccccc23)=NO1. The van der Waals surface area contributed by atoms with Crippen molar-refractivity contribution in [3.8, 4) is 0 Å². The van der Waals surface area contributed by atoms with Gasteiger partial charge in [-0.1, -0.05) is 54.5 Å². The molecule has 4 nitrogen and oxygen atoms in total. The highest BCUT2D eigenvalue weighted by molar-refractivity contribution is 6.13. The lowest BCUT2D eigenvalue weighted by molar-refractivity contribution is -0.169. The molecule has 4 heteroatoms. The average molecular weight is 297 g/mol. The van der Waals surface area contributed by atoms with Gasteiger partial charge in [-0.2, -0.15) is 0 Å². The molecule has 0 aromatic heterocycles. The molecule has 2 aromatic rings. The van der Waals surface area contributed by atoms with Crippen molar-refractivity contribution in [1.29, 1.82) is 0 Å². The van der Waals surface area contributed by atoms with Gasteiger partial charge in [-0.05, 0) is 24.1 Å². The molecule has 1 unspecified atom stereocenters. The molecule has 114 valence electrons. The Morgan fingerprint density at radius 2 is 2.00 bits per heavy atom. The van der Waals surface area contributed by atoms with E-state index in [2.05, 4.69) is 23.4 Å². The summed E-state index contributed by atoms with van der Waals surface area (Å²) in [5, 5.41) is 6.46. The fourth-order valence-electron chi connectivity index (χ4n) is 2.80. The molecule has 3 rings (SSSR count). The molecule has 1 aliphatic rings. The molecule has 0 fully saturated rings. The summed E-state index contributed by atoms with van der Waals surface area (Å²) in [5.41, 5.74) is 0.826. The van der Waals surface area contributed by atoms with E-state index in [4.69, 9.17) is 9.57 Å². The number of carbonyl (C=O) groups excluding carboxylic acids is 1. The van der Waals surface area contributed by atoms with Crippen molar-refractivity contribution in [1.82, 2.24) is 0 Å². The second-order valence-corrected chi connectivity index (χ2v) is 5.40. The molecule has 0 radical (unpaired) electrons. The number of fused-ring (bicyclic) bond motifs is 1. The molecule has 1 heterocycles. The van der Waals surface area contributed by atoms with E-state index in [0.717, 1.165) is 22.0 Å². The molecule has 0 saturated carbocycles. The van der Waals surface area contributed by atoms with Crippen molar-refractivity contribution in [2.45, 2.75) is 32.3 Å². The van der Waals surface area contributed by atoms with Gasteiger partial charge in [-0.3, -0.25) is 0 Å². The molecular weight excluding hydrogens is 278 g/mol. The molecule has 0 spiro atoms. The highest BCUT2D eigenvalue weighted by atomic mass is 16.7. The number of rotatable bonds is 4. The zero-order valence-electron chi connectivity index (χ0n) is 12.8. The van der Waals surface area contributed by atoms with Gasteiger partial charge in [0, 0.05) is 12.0 Å². The molecule has 1 aliphatic heterocycles. The van der Waals surface area contributed by atoms with Crippen molar-refractivity contribution >= 4 is 22.5 Å². The van der Waals surface area contributed by atoms with E-state index < -0.39 is 5.60 Å². The number of esters is 1. The Labute approximate surface area is 129 Å². The Kier molecular flexibility index (Phi) is 3.84. The highest BCUT2D eigenvalue weighted by Crippen LogP contribution is 2.33. The zero-order chi connectivity index (χ0) is 15.6. The van der Waals surface area contributed by atoms with E-state index in [0.29, 0.717) is 19.4 Å². The van der Waals surface area contributed by atoms with Gasteiger partial charge in [-0.15, -0.1) is 0 Å². The third-order valence-electron chi connectivity index (χ3n) is 4.10. The van der Waals surface area contributed by atoms with Crippen LogP contribution < -0.4 is 0 Å². The zero-order valence-corrected chi connectivity index (χ0v) is 12.8. The van der Waals surface area contributed by atoms with Gasteiger partial charge in [0.25, 0.3) is 0 Å². The predicted octanol–water partition coefficient (Wildman–Crippen LogP) is 3.68. The Hall–Kier alpha value is -2.36. The van der Waals surface area contributed by atoms with E-state index in [9.17, 15) is 4.79 Å². The van der Waals surface area contributed by atoms with Gasteiger partial charge < -0.3 is 9.57 Å². The first-order valence-corrected chi connectivity index (χ1v) is 7.60. The monoisotopic (exact) mass is 297 g/mol. The van der Waals surface area contributed by atoms with Crippen LogP contribution >= 0.6 is 0 Å². The van der Waals surface area contributed by atoms with Gasteiger partial charge in [0.05, 0.1) is 12.3 Å². The van der Waals surface area contributed by atoms with Crippen LogP contribution in [0.2, 0.25) is 0 Å². The first-order valence-electron chi connectivity index (χ1n) is 7.60. The minimum absolute atomic E-state index is 0.337. The first kappa shape index (κ1) is 14.6. The summed E-state index contributed by atoms with van der Waals surface area (Å²) in [4.78, 5) is 17.8. The smallest absolute Gasteiger partial charge is 0.353 e. The quantitative estimate of drug-likeness (QED) is 0.809. The molecule has 0 saturated heterocycles. The second kappa shape index (κ2) is 5.79. The van der Waals surface area contributed by atoms with Crippen LogP contribution in [0.15, 0.2) is 47.6 Å². The van der Waals surface area contributed by atoms with Crippen LogP contribution in [0.1, 0.15) is 32.3 Å². The Bertz CT molecular complexity index is 733. The molecule has 0 N–H and O–H groups in total. The van der Waals surface area contributed by atoms with E-state index in [1.54, 1.807) is 6.92 Å². The molecule has 0 aliphatic carbocycles. The minimum atomic E-state index is -0.984. The van der Waals surface area contributed by atoms with Crippen molar-refractivity contribution in [3.05, 3.63) is 48.0 Å². The van der Waals surface area contributed by atoms with Crippen LogP contribution in [0.25, 0.3) is 10.8 Å². The van der Waals surface area contributed by atoms with E-state index in [1.165, 1.54) is 0 Å². The average Bonchev–Trinajstić information content (AvgIpc) is 3.00. The maximum Gasteiger partial charge on any atom is 0.353 e. The van der Waals surface area contributed by atoms with Crippen LogP contribution in [0.4, 0.5) is 0 Å². The normalized spacial score (nSPS) is 20.5. The summed E-state index contributed by atoms with van der Waals surface area (Å²) < 4.78 is 5.15. The maximum atomic E-state index is 12.2. The molecule has 0 amide bonds. The number of oxime groups is 1. The number of nitrogens with zero attached hydrogens (tertiary/aromatic N) is 1. The summed E-state index contributed by atoms with van der Waals surface area (Å²) >= 11 is 0. The Morgan fingerprint density at radius 1 is 1.23 bits per heavy atom. The number of ether oxygens (including phenoxy) is 1. The molecule has 0 bridgehead atoms. The van der Waals surface area contributed by atoms with Gasteiger partial charge in [0.2, 0.25) is 5.60 Å². The fraction of sp³-hybridized carbons (Fsp3) is 0.333. The Morgan fingerprint density at radius 3 is 2.77 bits per heavy atom. The van der Waals surface area contributed by atoms with Crippen LogP contribution in [0.5, 0.6) is 0 Å². The highest BCUT2D eigenvalue weighted by Gasteiger charge is 2.46. The van der Waals surface area contributed by atoms with Gasteiger partial charge in [0.1, 0.15) is 0 Å². The second-order valence-electron chi connectivity index (χ2n) is 5.40. The number of hydrogen-bond donors (Lipinski definition) is 0. The van der Waals surface area contributed by atoms with Crippen molar-refractivity contribution in [2.75, 3.05) is 6.61 Å². The van der Waals surface area contributed by atoms with Crippen molar-refractivity contribution in [3.63, 3.8) is 0 Å². The lowest BCUT2D eigenvalue weighted by Crippen LogP contribution is -2.40. The molecule has 1 atom stereocenters. The molecule has 22 heavy (non-hydrogen) atoms. The van der Waals surface area contributed by atoms with Crippen molar-refractivity contribution < 1.29 is 14.4 Å². The maximum absolute atomic E-state index is 12.2. The topological polar surface area (TPSA) is 47.9 Å². The van der Waals surface area contributed by atoms with Crippen molar-refractivity contribution in [2.24, 2.45) is 5.16 Å². The van der Waals surface area contributed by atoms with E-state index in [1.807, 2.05) is 31.2 Å². The number of carbonyl (C=O) groups is 1. The number of hydrogen-bond acceptors (Lipinski definition) is 4. The lowest BCUT2D eigenvalue weighted by atomic mass is 9.90. The summed E-state index contributed by atoms with van der Waals surface area (Å²) in [6.07, 6.45) is 0.972. The largest absolute Gasteiger partial charge is 0.463 e. The lowest BCUT2D eigenvalue weighted by Gasteiger charge is -2.22. The third kappa shape index (κ3) is 2.34. The first-order chi connectivity index (χ1) is 10.7. The minimum Gasteiger partial charge on any atom is -0.463 e. The fourth-order valence-corrected chi connectivity index (χ4v) is 2.80. The summed E-state index contributed by atoms with van der Waals surface area (Å²) in [7, 11) is 0. The Balaban J connectivity index is 1.95. The van der Waals surface area contributed by atoms with Gasteiger partial charge in [-0.25, -0.2) is 4.79 Å². The van der Waals surface area contributed by atoms with Crippen LogP contribution in [-0.4, -0.2) is 23.9 Å². The summed E-state index contributed by atoms with van der Waals surface area (Å²) in [5.74, 6) is -0.337. The molecular formula is C18H19NO3. The van der Waals surface area contributed by atoms with E-state index >= 15 is 0 Å². The van der Waals surface area contributed by atoms with Crippen LogP contribution in [-0.2, 0) is 14.4 Å².